The number of hydrogen-bond acceptors (Lipinski definition) is 3. The Bertz CT molecular complexity index is 301. The number of ether oxygens (including phenoxy) is 1. The highest BCUT2D eigenvalue weighted by Crippen LogP contribution is 2.07. The molecule has 4 nitrogen and oxygen atoms in total. The largest absolute Gasteiger partial charge is 0.492 e. The van der Waals surface area contributed by atoms with Crippen LogP contribution < -0.4 is 10.5 Å². The molecule has 1 amide bonds. The highest BCUT2D eigenvalue weighted by molar-refractivity contribution is 5.77. The quantitative estimate of drug-likeness (QED) is 0.765. The van der Waals surface area contributed by atoms with E-state index in [0.717, 1.165) is 5.75 Å². The zero-order chi connectivity index (χ0) is 11.1. The summed E-state index contributed by atoms with van der Waals surface area (Å²) in [6.07, 6.45) is 0. The smallest absolute Gasteiger partial charge is 0.236 e. The zero-order valence-corrected chi connectivity index (χ0v) is 8.85. The number of nitrogens with zero attached hydrogens (tertiary/aromatic N) is 1. The minimum atomic E-state index is -0.0772. The molecule has 15 heavy (non-hydrogen) atoms. The normalized spacial score (nSPS) is 9.73. The molecule has 0 radical (unpaired) electrons. The molecule has 0 unspecified atom stereocenters. The van der Waals surface area contributed by atoms with Crippen molar-refractivity contribution < 1.29 is 9.53 Å². The Morgan fingerprint density at radius 3 is 2.67 bits per heavy atom. The van der Waals surface area contributed by atoms with Crippen molar-refractivity contribution in [1.29, 1.82) is 0 Å². The summed E-state index contributed by atoms with van der Waals surface area (Å²) < 4.78 is 5.44. The summed E-state index contributed by atoms with van der Waals surface area (Å²) in [6.45, 7) is 1.07. The highest BCUT2D eigenvalue weighted by Gasteiger charge is 2.04. The van der Waals surface area contributed by atoms with E-state index in [1.165, 1.54) is 0 Å². The van der Waals surface area contributed by atoms with Crippen LogP contribution in [0.15, 0.2) is 30.3 Å². The number of benzene rings is 1. The van der Waals surface area contributed by atoms with E-state index < -0.39 is 0 Å². The van der Waals surface area contributed by atoms with Gasteiger partial charge in [-0.1, -0.05) is 18.2 Å². The molecule has 2 N–H and O–H groups in total. The van der Waals surface area contributed by atoms with E-state index >= 15 is 0 Å². The summed E-state index contributed by atoms with van der Waals surface area (Å²) in [5.41, 5.74) is 5.22. The Hall–Kier alpha value is -1.55. The fraction of sp³-hybridized carbons (Fsp3) is 0.364. The molecule has 1 aromatic rings. The monoisotopic (exact) mass is 208 g/mol. The molecular weight excluding hydrogens is 192 g/mol. The van der Waals surface area contributed by atoms with Crippen LogP contribution in [0.4, 0.5) is 0 Å². The Balaban J connectivity index is 2.25. The average Bonchev–Trinajstić information content (AvgIpc) is 2.29. The third kappa shape index (κ3) is 3.99. The summed E-state index contributed by atoms with van der Waals surface area (Å²) in [5, 5.41) is 0. The molecule has 0 atom stereocenters. The van der Waals surface area contributed by atoms with Crippen molar-refractivity contribution in [3.05, 3.63) is 30.3 Å². The molecule has 4 heteroatoms. The second-order valence-electron chi connectivity index (χ2n) is 3.18. The SMILES string of the molecule is CN(CCOc1ccccc1)C(=O)CN. The van der Waals surface area contributed by atoms with Crippen molar-refractivity contribution in [1.82, 2.24) is 4.90 Å². The predicted octanol–water partition coefficient (Wildman–Crippen LogP) is 0.483. The van der Waals surface area contributed by atoms with Crippen LogP contribution in [0, 0.1) is 0 Å². The van der Waals surface area contributed by atoms with Crippen molar-refractivity contribution in [3.8, 4) is 5.75 Å². The lowest BCUT2D eigenvalue weighted by Gasteiger charge is -2.16. The molecule has 0 saturated heterocycles. The van der Waals surface area contributed by atoms with Gasteiger partial charge < -0.3 is 15.4 Å². The second kappa shape index (κ2) is 6.03. The van der Waals surface area contributed by atoms with Crippen LogP contribution >= 0.6 is 0 Å². The molecule has 82 valence electrons. The van der Waals surface area contributed by atoms with E-state index in [1.54, 1.807) is 11.9 Å². The van der Waals surface area contributed by atoms with E-state index in [-0.39, 0.29) is 12.5 Å². The Morgan fingerprint density at radius 1 is 1.40 bits per heavy atom. The average molecular weight is 208 g/mol. The molecule has 0 saturated carbocycles. The number of nitrogens with two attached hydrogens (primary N) is 1. The molecule has 0 aliphatic carbocycles. The molecule has 0 aliphatic heterocycles. The van der Waals surface area contributed by atoms with Crippen LogP contribution in [0.3, 0.4) is 0 Å². The van der Waals surface area contributed by atoms with Gasteiger partial charge in [0.25, 0.3) is 0 Å². The fourth-order valence-corrected chi connectivity index (χ4v) is 1.10. The van der Waals surface area contributed by atoms with Gasteiger partial charge in [0.2, 0.25) is 5.91 Å². The van der Waals surface area contributed by atoms with E-state index in [1.807, 2.05) is 30.3 Å². The van der Waals surface area contributed by atoms with Gasteiger partial charge in [-0.05, 0) is 12.1 Å². The summed E-state index contributed by atoms with van der Waals surface area (Å²) in [4.78, 5) is 12.7. The third-order valence-electron chi connectivity index (χ3n) is 2.04. The molecule has 0 aromatic heterocycles. The lowest BCUT2D eigenvalue weighted by atomic mass is 10.3. The Kier molecular flexibility index (Phi) is 4.63. The first-order chi connectivity index (χ1) is 7.24. The van der Waals surface area contributed by atoms with Gasteiger partial charge in [0.05, 0.1) is 13.1 Å². The minimum absolute atomic E-state index is 0.0435. The van der Waals surface area contributed by atoms with Crippen LogP contribution in [-0.2, 0) is 4.79 Å². The standard InChI is InChI=1S/C11H16N2O2/c1-13(11(14)9-12)7-8-15-10-5-3-2-4-6-10/h2-6H,7-9,12H2,1H3. The number of hydrogen-bond donors (Lipinski definition) is 1. The van der Waals surface area contributed by atoms with E-state index in [9.17, 15) is 4.79 Å². The molecule has 1 aromatic carbocycles. The second-order valence-corrected chi connectivity index (χ2v) is 3.18. The number of rotatable bonds is 5. The maximum absolute atomic E-state index is 11.1. The van der Waals surface area contributed by atoms with Gasteiger partial charge >= 0.3 is 0 Å². The number of amides is 1. The van der Waals surface area contributed by atoms with Gasteiger partial charge in [0.15, 0.2) is 0 Å². The maximum Gasteiger partial charge on any atom is 0.236 e. The topological polar surface area (TPSA) is 55.6 Å². The van der Waals surface area contributed by atoms with Gasteiger partial charge in [0.1, 0.15) is 12.4 Å². The Morgan fingerprint density at radius 2 is 2.07 bits per heavy atom. The van der Waals surface area contributed by atoms with Crippen LogP contribution in [0.2, 0.25) is 0 Å². The number of carbonyl (C=O) groups excluding carboxylic acids is 1. The summed E-state index contributed by atoms with van der Waals surface area (Å²) >= 11 is 0. The molecule has 0 heterocycles. The molecule has 0 aliphatic rings. The number of carbonyl (C=O) groups is 1. The van der Waals surface area contributed by atoms with E-state index in [2.05, 4.69) is 0 Å². The molecule has 0 spiro atoms. The highest BCUT2D eigenvalue weighted by atomic mass is 16.5. The molecular formula is C11H16N2O2. The minimum Gasteiger partial charge on any atom is -0.492 e. The first-order valence-electron chi connectivity index (χ1n) is 4.86. The number of para-hydroxylation sites is 1. The number of likely N-dealkylation sites (N-methyl/N-ethyl adjacent to an activating group) is 1. The van der Waals surface area contributed by atoms with Crippen LogP contribution in [-0.4, -0.2) is 37.6 Å². The predicted molar refractivity (Wildman–Crippen MR) is 58.6 cm³/mol. The molecule has 0 fully saturated rings. The summed E-state index contributed by atoms with van der Waals surface area (Å²) in [7, 11) is 1.71. The first-order valence-corrected chi connectivity index (χ1v) is 4.86. The van der Waals surface area contributed by atoms with Crippen molar-refractivity contribution in [3.63, 3.8) is 0 Å². The zero-order valence-electron chi connectivity index (χ0n) is 8.85. The van der Waals surface area contributed by atoms with E-state index in [4.69, 9.17) is 10.5 Å². The fourth-order valence-electron chi connectivity index (χ4n) is 1.10. The maximum atomic E-state index is 11.1. The van der Waals surface area contributed by atoms with Crippen molar-refractivity contribution in [2.45, 2.75) is 0 Å². The Labute approximate surface area is 89.6 Å². The van der Waals surface area contributed by atoms with Crippen molar-refractivity contribution >= 4 is 5.91 Å². The van der Waals surface area contributed by atoms with Gasteiger partial charge in [0, 0.05) is 7.05 Å². The van der Waals surface area contributed by atoms with Crippen LogP contribution in [0.1, 0.15) is 0 Å². The van der Waals surface area contributed by atoms with Gasteiger partial charge in [-0.2, -0.15) is 0 Å². The summed E-state index contributed by atoms with van der Waals surface area (Å²) in [6, 6.07) is 9.50. The third-order valence-corrected chi connectivity index (χ3v) is 2.04. The molecule has 1 rings (SSSR count). The van der Waals surface area contributed by atoms with Crippen LogP contribution in [0.25, 0.3) is 0 Å². The summed E-state index contributed by atoms with van der Waals surface area (Å²) in [5.74, 6) is 0.734. The lowest BCUT2D eigenvalue weighted by molar-refractivity contribution is -0.128. The van der Waals surface area contributed by atoms with Gasteiger partial charge in [-0.3, -0.25) is 4.79 Å². The first kappa shape index (κ1) is 11.5. The van der Waals surface area contributed by atoms with Gasteiger partial charge in [-0.25, -0.2) is 0 Å². The molecule has 0 bridgehead atoms. The van der Waals surface area contributed by atoms with E-state index in [0.29, 0.717) is 13.2 Å². The van der Waals surface area contributed by atoms with Crippen molar-refractivity contribution in [2.75, 3.05) is 26.7 Å². The lowest BCUT2D eigenvalue weighted by Crippen LogP contribution is -2.35. The van der Waals surface area contributed by atoms with Crippen molar-refractivity contribution in [2.24, 2.45) is 5.73 Å². The van der Waals surface area contributed by atoms with Gasteiger partial charge in [-0.15, -0.1) is 0 Å². The van der Waals surface area contributed by atoms with Crippen LogP contribution in [0.5, 0.6) is 5.75 Å².